The molecule has 0 fully saturated rings. The first-order chi connectivity index (χ1) is 14.5. The van der Waals surface area contributed by atoms with Gasteiger partial charge in [0, 0.05) is 19.0 Å². The van der Waals surface area contributed by atoms with Crippen LogP contribution in [0.5, 0.6) is 0 Å². The molecule has 0 spiro atoms. The fourth-order valence-electron chi connectivity index (χ4n) is 3.74. The summed E-state index contributed by atoms with van der Waals surface area (Å²) in [5.41, 5.74) is 4.56. The molecule has 8 heteroatoms. The Hall–Kier alpha value is -3.39. The molecule has 0 saturated heterocycles. The first-order valence-corrected chi connectivity index (χ1v) is 9.70. The van der Waals surface area contributed by atoms with Gasteiger partial charge in [-0.1, -0.05) is 48.5 Å². The van der Waals surface area contributed by atoms with Crippen LogP contribution < -0.4 is 5.32 Å². The third-order valence-electron chi connectivity index (χ3n) is 4.98. The van der Waals surface area contributed by atoms with E-state index in [4.69, 9.17) is 14.9 Å². The minimum Gasteiger partial charge on any atom is -0.480 e. The SMILES string of the molecule is O=C(O)CN(CCCNC(=O)OCC1c2ccccc2-c2ccccc21)CC(=O)O. The number of carboxylic acids is 2. The van der Waals surface area contributed by atoms with Crippen molar-refractivity contribution in [1.82, 2.24) is 10.2 Å². The number of nitrogens with one attached hydrogen (secondary N) is 1. The van der Waals surface area contributed by atoms with Crippen molar-refractivity contribution in [2.75, 3.05) is 32.8 Å². The van der Waals surface area contributed by atoms with Crippen LogP contribution >= 0.6 is 0 Å². The number of carboxylic acid groups (broad SMARTS) is 2. The molecule has 0 aliphatic heterocycles. The highest BCUT2D eigenvalue weighted by Gasteiger charge is 2.28. The van der Waals surface area contributed by atoms with E-state index in [1.54, 1.807) is 0 Å². The number of hydrogen-bond acceptors (Lipinski definition) is 5. The van der Waals surface area contributed by atoms with Gasteiger partial charge in [0.2, 0.25) is 0 Å². The van der Waals surface area contributed by atoms with E-state index >= 15 is 0 Å². The first-order valence-electron chi connectivity index (χ1n) is 9.70. The van der Waals surface area contributed by atoms with Crippen molar-refractivity contribution in [2.45, 2.75) is 12.3 Å². The number of ether oxygens (including phenoxy) is 1. The predicted octanol–water partition coefficient (Wildman–Crippen LogP) is 2.39. The Kier molecular flexibility index (Phi) is 7.03. The molecule has 0 radical (unpaired) electrons. The summed E-state index contributed by atoms with van der Waals surface area (Å²) >= 11 is 0. The summed E-state index contributed by atoms with van der Waals surface area (Å²) in [6.07, 6.45) is -0.148. The summed E-state index contributed by atoms with van der Waals surface area (Å²) in [6.45, 7) is -0.0207. The molecule has 2 aromatic carbocycles. The van der Waals surface area contributed by atoms with E-state index in [0.29, 0.717) is 6.42 Å². The van der Waals surface area contributed by atoms with E-state index < -0.39 is 18.0 Å². The van der Waals surface area contributed by atoms with Gasteiger partial charge in [-0.15, -0.1) is 0 Å². The number of carbonyl (C=O) groups excluding carboxylic acids is 1. The molecule has 3 rings (SSSR count). The second-order valence-electron chi connectivity index (χ2n) is 7.10. The van der Waals surface area contributed by atoms with Gasteiger partial charge >= 0.3 is 18.0 Å². The molecule has 8 nitrogen and oxygen atoms in total. The fraction of sp³-hybridized carbons (Fsp3) is 0.318. The number of alkyl carbamates (subject to hydrolysis) is 1. The number of benzene rings is 2. The third-order valence-corrected chi connectivity index (χ3v) is 4.98. The molecule has 0 atom stereocenters. The molecule has 0 unspecified atom stereocenters. The monoisotopic (exact) mass is 412 g/mol. The van der Waals surface area contributed by atoms with Gasteiger partial charge in [0.25, 0.3) is 0 Å². The van der Waals surface area contributed by atoms with Crippen LogP contribution in [0.15, 0.2) is 48.5 Å². The van der Waals surface area contributed by atoms with Crippen molar-refractivity contribution in [3.63, 3.8) is 0 Å². The number of rotatable bonds is 10. The lowest BCUT2D eigenvalue weighted by Gasteiger charge is -2.18. The smallest absolute Gasteiger partial charge is 0.407 e. The highest BCUT2D eigenvalue weighted by molar-refractivity contribution is 5.79. The van der Waals surface area contributed by atoms with Crippen LogP contribution in [0.1, 0.15) is 23.5 Å². The highest BCUT2D eigenvalue weighted by Crippen LogP contribution is 2.44. The molecule has 0 bridgehead atoms. The van der Waals surface area contributed by atoms with Crippen molar-refractivity contribution in [3.05, 3.63) is 59.7 Å². The number of fused-ring (bicyclic) bond motifs is 3. The third kappa shape index (κ3) is 5.36. The minimum absolute atomic E-state index is 0.0234. The molecule has 3 N–H and O–H groups in total. The van der Waals surface area contributed by atoms with Crippen molar-refractivity contribution in [2.24, 2.45) is 0 Å². The average Bonchev–Trinajstić information content (AvgIpc) is 3.02. The maximum Gasteiger partial charge on any atom is 0.407 e. The van der Waals surface area contributed by atoms with Gasteiger partial charge in [0.05, 0.1) is 13.1 Å². The maximum atomic E-state index is 12.1. The summed E-state index contributed by atoms with van der Waals surface area (Å²) in [4.78, 5) is 35.0. The van der Waals surface area contributed by atoms with Crippen LogP contribution in [0.2, 0.25) is 0 Å². The maximum absolute atomic E-state index is 12.1. The summed E-state index contributed by atoms with van der Waals surface area (Å²) in [6, 6.07) is 16.1. The van der Waals surface area contributed by atoms with Gasteiger partial charge in [-0.3, -0.25) is 14.5 Å². The largest absolute Gasteiger partial charge is 0.480 e. The molecule has 1 aliphatic carbocycles. The minimum atomic E-state index is -1.10. The van der Waals surface area contributed by atoms with Gasteiger partial charge in [-0.25, -0.2) is 4.79 Å². The van der Waals surface area contributed by atoms with Gasteiger partial charge in [0.15, 0.2) is 0 Å². The lowest BCUT2D eigenvalue weighted by molar-refractivity contribution is -0.141. The number of hydrogen-bond donors (Lipinski definition) is 3. The highest BCUT2D eigenvalue weighted by atomic mass is 16.5. The van der Waals surface area contributed by atoms with E-state index in [0.717, 1.165) is 22.3 Å². The van der Waals surface area contributed by atoms with Crippen LogP contribution in [0.4, 0.5) is 4.79 Å². The molecule has 0 saturated carbocycles. The Balaban J connectivity index is 1.47. The predicted molar refractivity (Wildman–Crippen MR) is 109 cm³/mol. The molecule has 2 aromatic rings. The van der Waals surface area contributed by atoms with Crippen LogP contribution in [0.25, 0.3) is 11.1 Å². The molecular formula is C22H24N2O6. The molecule has 0 heterocycles. The molecule has 30 heavy (non-hydrogen) atoms. The van der Waals surface area contributed by atoms with Gasteiger partial charge in [-0.2, -0.15) is 0 Å². The van der Waals surface area contributed by atoms with Crippen molar-refractivity contribution in [3.8, 4) is 11.1 Å². The van der Waals surface area contributed by atoms with Crippen LogP contribution in [-0.2, 0) is 14.3 Å². The zero-order chi connectivity index (χ0) is 21.5. The van der Waals surface area contributed by atoms with Crippen molar-refractivity contribution >= 4 is 18.0 Å². The Morgan fingerprint density at radius 1 is 0.900 bits per heavy atom. The lowest BCUT2D eigenvalue weighted by Crippen LogP contribution is -2.37. The standard InChI is InChI=1S/C22H24N2O6/c25-20(26)12-24(13-21(27)28)11-5-10-23-22(29)30-14-19-17-8-3-1-6-15(17)16-7-2-4-9-18(16)19/h1-4,6-9,19H,5,10-14H2,(H,23,29)(H,25,26)(H,27,28). The quantitative estimate of drug-likeness (QED) is 0.513. The average molecular weight is 412 g/mol. The van der Waals surface area contributed by atoms with E-state index in [1.807, 2.05) is 36.4 Å². The Labute approximate surface area is 174 Å². The molecule has 158 valence electrons. The van der Waals surface area contributed by atoms with Gasteiger partial charge < -0.3 is 20.3 Å². The first kappa shape index (κ1) is 21.3. The Bertz CT molecular complexity index is 868. The van der Waals surface area contributed by atoms with Gasteiger partial charge in [0.1, 0.15) is 6.61 Å². The molecule has 1 amide bonds. The van der Waals surface area contributed by atoms with Crippen molar-refractivity contribution in [1.29, 1.82) is 0 Å². The van der Waals surface area contributed by atoms with Crippen LogP contribution in [0.3, 0.4) is 0 Å². The number of amides is 1. The lowest BCUT2D eigenvalue weighted by atomic mass is 9.98. The normalized spacial score (nSPS) is 12.3. The fourth-order valence-corrected chi connectivity index (χ4v) is 3.74. The number of aliphatic carboxylic acids is 2. The summed E-state index contributed by atoms with van der Waals surface area (Å²) in [7, 11) is 0. The molecule has 0 aromatic heterocycles. The summed E-state index contributed by atoms with van der Waals surface area (Å²) in [5, 5.41) is 20.3. The Morgan fingerprint density at radius 3 is 1.97 bits per heavy atom. The molecule has 1 aliphatic rings. The zero-order valence-corrected chi connectivity index (χ0v) is 16.4. The van der Waals surface area contributed by atoms with Crippen LogP contribution in [-0.4, -0.2) is 65.9 Å². The van der Waals surface area contributed by atoms with E-state index in [2.05, 4.69) is 17.4 Å². The molecular weight excluding hydrogens is 388 g/mol. The zero-order valence-electron chi connectivity index (χ0n) is 16.4. The number of carbonyl (C=O) groups is 3. The summed E-state index contributed by atoms with van der Waals surface area (Å²) in [5.74, 6) is -2.22. The van der Waals surface area contributed by atoms with Crippen LogP contribution in [0, 0.1) is 0 Å². The topological polar surface area (TPSA) is 116 Å². The second kappa shape index (κ2) is 9.89. The van der Waals surface area contributed by atoms with E-state index in [1.165, 1.54) is 4.90 Å². The van der Waals surface area contributed by atoms with Gasteiger partial charge in [-0.05, 0) is 28.7 Å². The van der Waals surface area contributed by atoms with E-state index in [9.17, 15) is 14.4 Å². The Morgan fingerprint density at radius 2 is 1.43 bits per heavy atom. The number of nitrogens with zero attached hydrogens (tertiary/aromatic N) is 1. The van der Waals surface area contributed by atoms with E-state index in [-0.39, 0.29) is 38.7 Å². The summed E-state index contributed by atoms with van der Waals surface area (Å²) < 4.78 is 5.42. The van der Waals surface area contributed by atoms with Crippen molar-refractivity contribution < 1.29 is 29.3 Å². The second-order valence-corrected chi connectivity index (χ2v) is 7.10.